The zero-order chi connectivity index (χ0) is 19.5. The average Bonchev–Trinajstić information content (AvgIpc) is 2.48. The number of hydrogen-bond donors (Lipinski definition) is 3. The van der Waals surface area contributed by atoms with Gasteiger partial charge in [-0.25, -0.2) is 9.78 Å². The molecule has 0 aliphatic rings. The van der Waals surface area contributed by atoms with Crippen LogP contribution < -0.4 is 16.6 Å². The molecule has 0 bridgehead atoms. The summed E-state index contributed by atoms with van der Waals surface area (Å²) < 4.78 is 5.15. The van der Waals surface area contributed by atoms with Gasteiger partial charge in [-0.2, -0.15) is 0 Å². The molecule has 0 saturated heterocycles. The van der Waals surface area contributed by atoms with Gasteiger partial charge in [-0.3, -0.25) is 20.4 Å². The number of halogens is 1. The molecule has 3 amide bonds. The Hall–Kier alpha value is -2.16. The van der Waals surface area contributed by atoms with E-state index >= 15 is 0 Å². The normalized spacial score (nSPS) is 10.1. The van der Waals surface area contributed by atoms with Crippen LogP contribution in [0, 0.1) is 0 Å². The number of hydrogen-bond acceptors (Lipinski definition) is 5. The summed E-state index contributed by atoms with van der Waals surface area (Å²) in [6.45, 7) is 7.28. The third-order valence-corrected chi connectivity index (χ3v) is 2.87. The van der Waals surface area contributed by atoms with Crippen molar-refractivity contribution in [3.63, 3.8) is 0 Å². The van der Waals surface area contributed by atoms with E-state index in [0.29, 0.717) is 11.0 Å². The van der Waals surface area contributed by atoms with E-state index in [2.05, 4.69) is 36.5 Å². The van der Waals surface area contributed by atoms with Gasteiger partial charge in [0.25, 0.3) is 5.91 Å². The van der Waals surface area contributed by atoms with Gasteiger partial charge in [0.05, 0.1) is 0 Å². The fourth-order valence-electron chi connectivity index (χ4n) is 1.43. The molecule has 25 heavy (non-hydrogen) atoms. The summed E-state index contributed by atoms with van der Waals surface area (Å²) in [7, 11) is 0. The maximum absolute atomic E-state index is 11.6. The second-order valence-electron chi connectivity index (χ2n) is 5.98. The summed E-state index contributed by atoms with van der Waals surface area (Å²) in [6, 6.07) is 4.99. The number of hydrazine groups is 1. The highest BCUT2D eigenvalue weighted by Crippen LogP contribution is 2.06. The highest BCUT2D eigenvalue weighted by Gasteiger charge is 2.12. The van der Waals surface area contributed by atoms with Crippen molar-refractivity contribution < 1.29 is 19.1 Å². The number of unbranched alkanes of at least 4 members (excludes halogenated alkanes) is 1. The van der Waals surface area contributed by atoms with E-state index in [0.717, 1.165) is 12.8 Å². The van der Waals surface area contributed by atoms with E-state index in [1.165, 1.54) is 0 Å². The van der Waals surface area contributed by atoms with Crippen LogP contribution in [-0.4, -0.2) is 28.5 Å². The Kier molecular flexibility index (Phi) is 10.4. The number of primary amides is 1. The first kappa shape index (κ1) is 22.8. The molecule has 0 aliphatic heterocycles. The SMILES string of the molecule is CC(C)(C)OC(N)=O.CCCCC(=O)NNC(=O)c1cccc(Br)n1. The van der Waals surface area contributed by atoms with Crippen LogP contribution in [0.4, 0.5) is 4.79 Å². The number of nitrogens with one attached hydrogen (secondary N) is 2. The lowest BCUT2D eigenvalue weighted by Gasteiger charge is -2.16. The molecule has 9 heteroatoms. The van der Waals surface area contributed by atoms with E-state index in [4.69, 9.17) is 5.73 Å². The van der Waals surface area contributed by atoms with Gasteiger partial charge in [-0.1, -0.05) is 19.4 Å². The number of pyridine rings is 1. The Morgan fingerprint density at radius 3 is 2.32 bits per heavy atom. The Bertz CT molecular complexity index is 588. The molecule has 0 aliphatic carbocycles. The lowest BCUT2D eigenvalue weighted by molar-refractivity contribution is -0.121. The van der Waals surface area contributed by atoms with Gasteiger partial charge >= 0.3 is 6.09 Å². The molecule has 1 heterocycles. The lowest BCUT2D eigenvalue weighted by atomic mass is 10.2. The molecule has 1 aromatic heterocycles. The van der Waals surface area contributed by atoms with Crippen molar-refractivity contribution in [3.05, 3.63) is 28.5 Å². The summed E-state index contributed by atoms with van der Waals surface area (Å²) in [4.78, 5) is 36.8. The van der Waals surface area contributed by atoms with E-state index in [9.17, 15) is 14.4 Å². The number of nitrogens with zero attached hydrogens (tertiary/aromatic N) is 1. The zero-order valence-electron chi connectivity index (χ0n) is 14.9. The first-order chi connectivity index (χ1) is 11.5. The molecule has 4 N–H and O–H groups in total. The topological polar surface area (TPSA) is 123 Å². The fourth-order valence-corrected chi connectivity index (χ4v) is 1.77. The highest BCUT2D eigenvalue weighted by atomic mass is 79.9. The Labute approximate surface area is 156 Å². The van der Waals surface area contributed by atoms with Crippen molar-refractivity contribution in [2.24, 2.45) is 5.73 Å². The van der Waals surface area contributed by atoms with Crippen LogP contribution in [0.5, 0.6) is 0 Å². The fraction of sp³-hybridized carbons (Fsp3) is 0.500. The van der Waals surface area contributed by atoms with Crippen molar-refractivity contribution in [2.45, 2.75) is 52.6 Å². The molecule has 0 atom stereocenters. The predicted molar refractivity (Wildman–Crippen MR) is 97.5 cm³/mol. The number of aromatic nitrogens is 1. The number of rotatable bonds is 4. The van der Waals surface area contributed by atoms with Crippen molar-refractivity contribution >= 4 is 33.8 Å². The second-order valence-corrected chi connectivity index (χ2v) is 6.80. The molecule has 0 radical (unpaired) electrons. The molecular formula is C16H25BrN4O4. The van der Waals surface area contributed by atoms with E-state index < -0.39 is 17.6 Å². The molecule has 140 valence electrons. The maximum atomic E-state index is 11.6. The second kappa shape index (κ2) is 11.4. The van der Waals surface area contributed by atoms with Gasteiger partial charge in [0.1, 0.15) is 15.9 Å². The molecule has 1 rings (SSSR count). The minimum absolute atomic E-state index is 0.199. The summed E-state index contributed by atoms with van der Waals surface area (Å²) in [5, 5.41) is 0. The van der Waals surface area contributed by atoms with Gasteiger partial charge in [0, 0.05) is 6.42 Å². The van der Waals surface area contributed by atoms with Gasteiger partial charge < -0.3 is 10.5 Å². The third-order valence-electron chi connectivity index (χ3n) is 2.43. The third kappa shape index (κ3) is 12.9. The van der Waals surface area contributed by atoms with E-state index in [1.807, 2.05) is 6.92 Å². The van der Waals surface area contributed by atoms with Gasteiger partial charge in [-0.15, -0.1) is 0 Å². The summed E-state index contributed by atoms with van der Waals surface area (Å²) in [5.74, 6) is -0.633. The number of ether oxygens (including phenoxy) is 1. The average molecular weight is 417 g/mol. The van der Waals surface area contributed by atoms with Crippen LogP contribution in [0.3, 0.4) is 0 Å². The van der Waals surface area contributed by atoms with Crippen LogP contribution in [0.2, 0.25) is 0 Å². The quantitative estimate of drug-likeness (QED) is 0.513. The predicted octanol–water partition coefficient (Wildman–Crippen LogP) is 2.68. The lowest BCUT2D eigenvalue weighted by Crippen LogP contribution is -2.41. The first-order valence-electron chi connectivity index (χ1n) is 7.75. The Morgan fingerprint density at radius 1 is 1.24 bits per heavy atom. The largest absolute Gasteiger partial charge is 0.444 e. The van der Waals surface area contributed by atoms with Crippen LogP contribution in [-0.2, 0) is 9.53 Å². The minimum atomic E-state index is -0.725. The van der Waals surface area contributed by atoms with Gasteiger partial charge in [0.15, 0.2) is 0 Å². The summed E-state index contributed by atoms with van der Waals surface area (Å²) in [5.41, 5.74) is 9.16. The van der Waals surface area contributed by atoms with E-state index in [-0.39, 0.29) is 11.6 Å². The van der Waals surface area contributed by atoms with Crippen molar-refractivity contribution in [1.29, 1.82) is 0 Å². The maximum Gasteiger partial charge on any atom is 0.405 e. The molecular weight excluding hydrogens is 392 g/mol. The smallest absolute Gasteiger partial charge is 0.405 e. The van der Waals surface area contributed by atoms with E-state index in [1.54, 1.807) is 39.0 Å². The summed E-state index contributed by atoms with van der Waals surface area (Å²) in [6.07, 6.45) is 1.42. The summed E-state index contributed by atoms with van der Waals surface area (Å²) >= 11 is 3.17. The van der Waals surface area contributed by atoms with Crippen LogP contribution >= 0.6 is 15.9 Å². The minimum Gasteiger partial charge on any atom is -0.444 e. The zero-order valence-corrected chi connectivity index (χ0v) is 16.5. The molecule has 0 aromatic carbocycles. The van der Waals surface area contributed by atoms with Crippen molar-refractivity contribution in [1.82, 2.24) is 15.8 Å². The van der Waals surface area contributed by atoms with Crippen LogP contribution in [0.15, 0.2) is 22.8 Å². The van der Waals surface area contributed by atoms with Gasteiger partial charge in [-0.05, 0) is 55.3 Å². The number of nitrogens with two attached hydrogens (primary N) is 1. The highest BCUT2D eigenvalue weighted by molar-refractivity contribution is 9.10. The first-order valence-corrected chi connectivity index (χ1v) is 8.54. The Balaban J connectivity index is 0.000000609. The Morgan fingerprint density at radius 2 is 1.88 bits per heavy atom. The van der Waals surface area contributed by atoms with Gasteiger partial charge in [0.2, 0.25) is 5.91 Å². The molecule has 0 unspecified atom stereocenters. The monoisotopic (exact) mass is 416 g/mol. The van der Waals surface area contributed by atoms with Crippen LogP contribution in [0.1, 0.15) is 57.4 Å². The van der Waals surface area contributed by atoms with Crippen molar-refractivity contribution in [3.8, 4) is 0 Å². The number of amides is 3. The standard InChI is InChI=1S/C11H14BrN3O2.C5H11NO2/c1-2-3-7-10(16)14-15-11(17)8-5-4-6-9(12)13-8;1-5(2,3)8-4(6)7/h4-6H,2-3,7H2,1H3,(H,14,16)(H,15,17);1-3H3,(H2,6,7). The number of carbonyl (C=O) groups excluding carboxylic acids is 3. The van der Waals surface area contributed by atoms with Crippen molar-refractivity contribution in [2.75, 3.05) is 0 Å². The molecule has 0 fully saturated rings. The molecule has 8 nitrogen and oxygen atoms in total. The van der Waals surface area contributed by atoms with Crippen LogP contribution in [0.25, 0.3) is 0 Å². The number of carbonyl (C=O) groups is 3. The molecule has 0 saturated carbocycles. The molecule has 1 aromatic rings. The molecule has 0 spiro atoms.